The fraction of sp³-hybridized carbons (Fsp3) is 0.435. The molecule has 1 N–H and O–H groups in total. The van der Waals surface area contributed by atoms with Crippen LogP contribution in [-0.2, 0) is 11.3 Å². The number of hydrogen-bond acceptors (Lipinski definition) is 6. The second-order valence-electron chi connectivity index (χ2n) is 8.58. The quantitative estimate of drug-likeness (QED) is 0.551. The summed E-state index contributed by atoms with van der Waals surface area (Å²) in [5, 5.41) is 5.15. The number of pyridine rings is 1. The second-order valence-corrected chi connectivity index (χ2v) is 9.81. The number of carbonyl (C=O) groups is 1. The summed E-state index contributed by atoms with van der Waals surface area (Å²) in [5.41, 5.74) is 1.11. The van der Waals surface area contributed by atoms with Crippen molar-refractivity contribution in [1.82, 2.24) is 19.4 Å². The zero-order valence-electron chi connectivity index (χ0n) is 17.9. The van der Waals surface area contributed by atoms with E-state index < -0.39 is 0 Å². The fourth-order valence-electron chi connectivity index (χ4n) is 4.22. The molecule has 2 fully saturated rings. The monoisotopic (exact) mass is 437 g/mol. The molecule has 5 rings (SSSR count). The first kappa shape index (κ1) is 20.1. The van der Waals surface area contributed by atoms with Crippen LogP contribution in [0.5, 0.6) is 5.88 Å². The molecule has 0 radical (unpaired) electrons. The molecule has 1 saturated heterocycles. The van der Waals surface area contributed by atoms with Gasteiger partial charge in [-0.1, -0.05) is 6.58 Å². The van der Waals surface area contributed by atoms with Crippen molar-refractivity contribution in [2.45, 2.75) is 51.8 Å². The zero-order valence-corrected chi connectivity index (χ0v) is 18.7. The average molecular weight is 438 g/mol. The molecule has 1 aliphatic carbocycles. The Labute approximate surface area is 185 Å². The lowest BCUT2D eigenvalue weighted by molar-refractivity contribution is -0.126. The van der Waals surface area contributed by atoms with Gasteiger partial charge in [-0.25, -0.2) is 4.98 Å². The van der Waals surface area contributed by atoms with Gasteiger partial charge in [0.2, 0.25) is 11.8 Å². The average Bonchev–Trinajstić information content (AvgIpc) is 3.14. The SMILES string of the molecule is C=CC(=O)N1C[C@@H](Oc2nc(Nc3ncc(C)s3)cc3c2ccn3CC2CC2)C[C@H]1C. The Morgan fingerprint density at radius 1 is 1.45 bits per heavy atom. The maximum Gasteiger partial charge on any atom is 0.246 e. The molecule has 1 aliphatic heterocycles. The highest BCUT2D eigenvalue weighted by Crippen LogP contribution is 2.36. The molecule has 0 aromatic carbocycles. The first-order valence-corrected chi connectivity index (χ1v) is 11.6. The number of fused-ring (bicyclic) bond motifs is 1. The molecule has 8 heteroatoms. The zero-order chi connectivity index (χ0) is 21.5. The second kappa shape index (κ2) is 8.00. The topological polar surface area (TPSA) is 72.3 Å². The number of nitrogens with one attached hydrogen (secondary N) is 1. The van der Waals surface area contributed by atoms with Crippen molar-refractivity contribution >= 4 is 39.1 Å². The lowest BCUT2D eigenvalue weighted by Crippen LogP contribution is -2.33. The smallest absolute Gasteiger partial charge is 0.246 e. The summed E-state index contributed by atoms with van der Waals surface area (Å²) in [6.45, 7) is 9.25. The third-order valence-electron chi connectivity index (χ3n) is 6.01. The molecule has 162 valence electrons. The molecule has 2 aliphatic rings. The molecule has 0 unspecified atom stereocenters. The van der Waals surface area contributed by atoms with Crippen LogP contribution in [-0.4, -0.2) is 44.0 Å². The summed E-state index contributed by atoms with van der Waals surface area (Å²) in [6.07, 6.45) is 8.61. The van der Waals surface area contributed by atoms with Crippen molar-refractivity contribution in [1.29, 1.82) is 0 Å². The van der Waals surface area contributed by atoms with Gasteiger partial charge in [-0.15, -0.1) is 11.3 Å². The summed E-state index contributed by atoms with van der Waals surface area (Å²) < 4.78 is 8.69. The summed E-state index contributed by atoms with van der Waals surface area (Å²) in [5.74, 6) is 2.03. The molecule has 2 atom stereocenters. The Morgan fingerprint density at radius 2 is 2.29 bits per heavy atom. The van der Waals surface area contributed by atoms with Crippen LogP contribution < -0.4 is 10.1 Å². The van der Waals surface area contributed by atoms with Gasteiger partial charge in [0.05, 0.1) is 17.4 Å². The predicted octanol–water partition coefficient (Wildman–Crippen LogP) is 4.51. The highest BCUT2D eigenvalue weighted by Gasteiger charge is 2.33. The van der Waals surface area contributed by atoms with Gasteiger partial charge in [-0.2, -0.15) is 4.98 Å². The third kappa shape index (κ3) is 4.17. The number of likely N-dealkylation sites (tertiary alicyclic amines) is 1. The maximum absolute atomic E-state index is 12.1. The van der Waals surface area contributed by atoms with Crippen molar-refractivity contribution < 1.29 is 9.53 Å². The molecule has 0 bridgehead atoms. The largest absolute Gasteiger partial charge is 0.472 e. The Hall–Kier alpha value is -2.87. The van der Waals surface area contributed by atoms with E-state index in [1.54, 1.807) is 11.3 Å². The molecule has 4 heterocycles. The molecule has 1 amide bonds. The maximum atomic E-state index is 12.1. The van der Waals surface area contributed by atoms with Gasteiger partial charge in [0.15, 0.2) is 5.13 Å². The minimum absolute atomic E-state index is 0.0538. The van der Waals surface area contributed by atoms with Crippen LogP contribution in [0.1, 0.15) is 31.1 Å². The van der Waals surface area contributed by atoms with Crippen LogP contribution in [0.4, 0.5) is 10.9 Å². The van der Waals surface area contributed by atoms with Crippen molar-refractivity contribution in [2.75, 3.05) is 11.9 Å². The first-order chi connectivity index (χ1) is 15.0. The fourth-order valence-corrected chi connectivity index (χ4v) is 4.89. The van der Waals surface area contributed by atoms with E-state index in [1.165, 1.54) is 18.9 Å². The molecular formula is C23H27N5O2S. The highest BCUT2D eigenvalue weighted by atomic mass is 32.1. The Kier molecular flexibility index (Phi) is 5.17. The number of anilines is 2. The van der Waals surface area contributed by atoms with Gasteiger partial charge < -0.3 is 19.5 Å². The standard InChI is InChI=1S/C23H27N5O2S/c1-4-21(29)28-13-17(9-14(28)2)30-22-18-7-8-27(12-16-5-6-16)19(18)10-20(25-22)26-23-24-11-15(3)31-23/h4,7-8,10-11,14,16-17H,1,5-6,9,12-13H2,2-3H3,(H,24,25,26)/t14-,17+/m1/s1. The van der Waals surface area contributed by atoms with Crippen molar-refractivity contribution in [2.24, 2.45) is 5.92 Å². The molecule has 0 spiro atoms. The number of nitrogens with zero attached hydrogens (tertiary/aromatic N) is 4. The van der Waals surface area contributed by atoms with Gasteiger partial charge in [-0.05, 0) is 44.7 Å². The normalized spacial score (nSPS) is 20.9. The number of ether oxygens (including phenoxy) is 1. The Balaban J connectivity index is 1.46. The molecule has 31 heavy (non-hydrogen) atoms. The number of aryl methyl sites for hydroxylation is 1. The number of aromatic nitrogens is 3. The number of amides is 1. The molecule has 7 nitrogen and oxygen atoms in total. The van der Waals surface area contributed by atoms with E-state index in [4.69, 9.17) is 9.72 Å². The van der Waals surface area contributed by atoms with E-state index in [-0.39, 0.29) is 18.1 Å². The van der Waals surface area contributed by atoms with E-state index in [0.29, 0.717) is 12.4 Å². The summed E-state index contributed by atoms with van der Waals surface area (Å²) in [4.78, 5) is 24.3. The number of thiazole rings is 1. The predicted molar refractivity (Wildman–Crippen MR) is 123 cm³/mol. The van der Waals surface area contributed by atoms with E-state index in [0.717, 1.165) is 45.6 Å². The van der Waals surface area contributed by atoms with Gasteiger partial charge in [0.1, 0.15) is 11.9 Å². The van der Waals surface area contributed by atoms with Gasteiger partial charge in [-0.3, -0.25) is 4.79 Å². The van der Waals surface area contributed by atoms with Crippen LogP contribution in [0.3, 0.4) is 0 Å². The van der Waals surface area contributed by atoms with Crippen molar-refractivity contribution in [3.05, 3.63) is 42.1 Å². The first-order valence-electron chi connectivity index (χ1n) is 10.8. The van der Waals surface area contributed by atoms with Crippen LogP contribution in [0.15, 0.2) is 37.2 Å². The van der Waals surface area contributed by atoms with Gasteiger partial charge >= 0.3 is 0 Å². The van der Waals surface area contributed by atoms with Crippen LogP contribution in [0, 0.1) is 12.8 Å². The van der Waals surface area contributed by atoms with E-state index in [2.05, 4.69) is 39.8 Å². The lowest BCUT2D eigenvalue weighted by Gasteiger charge is -2.19. The van der Waals surface area contributed by atoms with E-state index in [9.17, 15) is 4.79 Å². The van der Waals surface area contributed by atoms with Gasteiger partial charge in [0.25, 0.3) is 0 Å². The molecule has 3 aromatic rings. The minimum atomic E-state index is -0.0984. The lowest BCUT2D eigenvalue weighted by atomic mass is 10.2. The Morgan fingerprint density at radius 3 is 3.00 bits per heavy atom. The number of rotatable bonds is 7. The van der Waals surface area contributed by atoms with E-state index in [1.807, 2.05) is 24.9 Å². The number of carbonyl (C=O) groups excluding carboxylic acids is 1. The van der Waals surface area contributed by atoms with Gasteiger partial charge in [0, 0.05) is 42.3 Å². The third-order valence-corrected chi connectivity index (χ3v) is 6.84. The molecule has 3 aromatic heterocycles. The van der Waals surface area contributed by atoms with Crippen molar-refractivity contribution in [3.8, 4) is 5.88 Å². The highest BCUT2D eigenvalue weighted by molar-refractivity contribution is 7.15. The van der Waals surface area contributed by atoms with Crippen molar-refractivity contribution in [3.63, 3.8) is 0 Å². The minimum Gasteiger partial charge on any atom is -0.472 e. The van der Waals surface area contributed by atoms with Crippen LogP contribution in [0.25, 0.3) is 10.9 Å². The van der Waals surface area contributed by atoms with Crippen LogP contribution in [0.2, 0.25) is 0 Å². The number of hydrogen-bond donors (Lipinski definition) is 1. The summed E-state index contributed by atoms with van der Waals surface area (Å²) >= 11 is 1.60. The van der Waals surface area contributed by atoms with E-state index >= 15 is 0 Å². The summed E-state index contributed by atoms with van der Waals surface area (Å²) in [6, 6.07) is 4.28. The summed E-state index contributed by atoms with van der Waals surface area (Å²) in [7, 11) is 0. The molecular weight excluding hydrogens is 410 g/mol. The van der Waals surface area contributed by atoms with Crippen LogP contribution >= 0.6 is 11.3 Å². The Bertz CT molecular complexity index is 1130. The molecule has 1 saturated carbocycles.